The van der Waals surface area contributed by atoms with Gasteiger partial charge in [-0.25, -0.2) is 15.0 Å². The molecule has 10 nitrogen and oxygen atoms in total. The number of esters is 1. The number of ether oxygens (including phenoxy) is 1. The largest absolute Gasteiger partial charge is 0.506 e. The molecule has 118 valence electrons. The number of carbonyl (C=O) groups excluding carboxylic acids is 1. The predicted molar refractivity (Wildman–Crippen MR) is 74.2 cm³/mol. The molecule has 5 N–H and O–H groups in total. The molecule has 2 aromatic rings. The number of imidazole rings is 1. The van der Waals surface area contributed by atoms with E-state index in [1.807, 2.05) is 0 Å². The zero-order valence-corrected chi connectivity index (χ0v) is 11.7. The van der Waals surface area contributed by atoms with E-state index in [4.69, 9.17) is 10.8 Å². The number of nitrogens with two attached hydrogens (primary N) is 1. The van der Waals surface area contributed by atoms with Crippen molar-refractivity contribution in [2.45, 2.75) is 19.6 Å². The summed E-state index contributed by atoms with van der Waals surface area (Å²) in [6.07, 6.45) is 1.18. The minimum atomic E-state index is -1.44. The van der Waals surface area contributed by atoms with Crippen LogP contribution >= 0.6 is 0 Å². The molecule has 2 aromatic heterocycles. The van der Waals surface area contributed by atoms with E-state index >= 15 is 0 Å². The van der Waals surface area contributed by atoms with Crippen LogP contribution in [0.25, 0.3) is 11.2 Å². The number of rotatable bonds is 5. The third-order valence-corrected chi connectivity index (χ3v) is 2.81. The summed E-state index contributed by atoms with van der Waals surface area (Å²) < 4.78 is 6.06. The van der Waals surface area contributed by atoms with Crippen LogP contribution in [0.2, 0.25) is 0 Å². The number of fused-ring (bicyclic) bond motifs is 1. The molecule has 0 aromatic carbocycles. The number of hydrogen-bond acceptors (Lipinski definition) is 9. The minimum Gasteiger partial charge on any atom is -0.506 e. The fraction of sp³-hybridized carbons (Fsp3) is 0.333. The number of aliphatic hydroxyl groups excluding tert-OH is 3. The molecule has 0 amide bonds. The van der Waals surface area contributed by atoms with Crippen LogP contribution in [-0.2, 0) is 16.1 Å². The van der Waals surface area contributed by atoms with Crippen molar-refractivity contribution in [1.82, 2.24) is 19.5 Å². The van der Waals surface area contributed by atoms with Gasteiger partial charge in [-0.15, -0.1) is 0 Å². The van der Waals surface area contributed by atoms with Gasteiger partial charge in [0, 0.05) is 6.92 Å². The van der Waals surface area contributed by atoms with Crippen LogP contribution in [0.15, 0.2) is 24.2 Å². The van der Waals surface area contributed by atoms with E-state index in [9.17, 15) is 15.0 Å². The van der Waals surface area contributed by atoms with Crippen molar-refractivity contribution in [3.05, 3.63) is 24.2 Å². The van der Waals surface area contributed by atoms with Gasteiger partial charge in [0.15, 0.2) is 23.0 Å². The van der Waals surface area contributed by atoms with Crippen molar-refractivity contribution < 1.29 is 24.9 Å². The van der Waals surface area contributed by atoms with E-state index in [0.29, 0.717) is 11.2 Å². The number of aromatic nitrogens is 4. The Labute approximate surface area is 124 Å². The molecule has 0 saturated heterocycles. The summed E-state index contributed by atoms with van der Waals surface area (Å²) in [5, 5.41) is 28.9. The molecular formula is C12H15N5O5. The molecule has 0 saturated carbocycles. The molecule has 0 radical (unpaired) electrons. The maximum Gasteiger partial charge on any atom is 0.307 e. The minimum absolute atomic E-state index is 0.135. The molecule has 0 aliphatic heterocycles. The zero-order chi connectivity index (χ0) is 16.3. The van der Waals surface area contributed by atoms with Gasteiger partial charge in [-0.05, 0) is 0 Å². The summed E-state index contributed by atoms with van der Waals surface area (Å²) in [5.41, 5.74) is 6.38. The number of carbonyl (C=O) groups is 1. The van der Waals surface area contributed by atoms with Gasteiger partial charge in [-0.3, -0.25) is 4.79 Å². The molecule has 1 atom stereocenters. The molecule has 0 aliphatic rings. The van der Waals surface area contributed by atoms with Gasteiger partial charge >= 0.3 is 5.97 Å². The van der Waals surface area contributed by atoms with Crippen LogP contribution in [0.5, 0.6) is 0 Å². The molecule has 0 spiro atoms. The summed E-state index contributed by atoms with van der Waals surface area (Å²) in [4.78, 5) is 22.7. The number of hydrogen-bond donors (Lipinski definition) is 4. The van der Waals surface area contributed by atoms with E-state index in [0.717, 1.165) is 6.92 Å². The highest BCUT2D eigenvalue weighted by Gasteiger charge is 2.19. The SMILES string of the molecule is CC(=O)OC(CO)=C(O)C(O)Cn1cnc2c(N)ncnc21. The third-order valence-electron chi connectivity index (χ3n) is 2.81. The first kappa shape index (κ1) is 15.7. The number of aliphatic hydroxyl groups is 3. The van der Waals surface area contributed by atoms with Gasteiger partial charge in [-0.1, -0.05) is 0 Å². The Hall–Kier alpha value is -2.72. The van der Waals surface area contributed by atoms with E-state index in [1.165, 1.54) is 17.2 Å². The lowest BCUT2D eigenvalue weighted by Gasteiger charge is -2.14. The second-order valence-corrected chi connectivity index (χ2v) is 4.40. The van der Waals surface area contributed by atoms with Crippen molar-refractivity contribution >= 4 is 23.0 Å². The average molecular weight is 309 g/mol. The van der Waals surface area contributed by atoms with Gasteiger partial charge < -0.3 is 30.4 Å². The Morgan fingerprint density at radius 3 is 2.82 bits per heavy atom. The Morgan fingerprint density at radius 1 is 1.45 bits per heavy atom. The van der Waals surface area contributed by atoms with Crippen LogP contribution < -0.4 is 5.73 Å². The standard InChI is InChI=1S/C12H15N5O5/c1-6(19)22-8(3-18)10(21)7(20)2-17-5-16-9-11(13)14-4-15-12(9)17/h4-5,7,18,20-21H,2-3H2,1H3,(H2,13,14,15). The molecule has 0 aliphatic carbocycles. The smallest absolute Gasteiger partial charge is 0.307 e. The first-order chi connectivity index (χ1) is 10.4. The van der Waals surface area contributed by atoms with Crippen molar-refractivity contribution in [3.8, 4) is 0 Å². The van der Waals surface area contributed by atoms with Crippen LogP contribution in [0.4, 0.5) is 5.82 Å². The summed E-state index contributed by atoms with van der Waals surface area (Å²) in [6, 6.07) is 0. The van der Waals surface area contributed by atoms with Crippen molar-refractivity contribution in [3.63, 3.8) is 0 Å². The molecule has 2 heterocycles. The van der Waals surface area contributed by atoms with Crippen molar-refractivity contribution in [1.29, 1.82) is 0 Å². The maximum absolute atomic E-state index is 10.9. The van der Waals surface area contributed by atoms with Crippen LogP contribution in [0, 0.1) is 0 Å². The second kappa shape index (κ2) is 6.37. The molecule has 10 heteroatoms. The van der Waals surface area contributed by atoms with Gasteiger partial charge in [0.05, 0.1) is 12.9 Å². The van der Waals surface area contributed by atoms with Crippen LogP contribution in [0.1, 0.15) is 6.92 Å². The fourth-order valence-electron chi connectivity index (χ4n) is 1.83. The quantitative estimate of drug-likeness (QED) is 0.405. The first-order valence-electron chi connectivity index (χ1n) is 6.24. The van der Waals surface area contributed by atoms with Gasteiger partial charge in [-0.2, -0.15) is 0 Å². The van der Waals surface area contributed by atoms with E-state index in [2.05, 4.69) is 19.7 Å². The van der Waals surface area contributed by atoms with E-state index in [-0.39, 0.29) is 12.4 Å². The Balaban J connectivity index is 2.26. The average Bonchev–Trinajstić information content (AvgIpc) is 2.88. The second-order valence-electron chi connectivity index (χ2n) is 4.40. The highest BCUT2D eigenvalue weighted by atomic mass is 16.5. The summed E-state index contributed by atoms with van der Waals surface area (Å²) in [7, 11) is 0. The predicted octanol–water partition coefficient (Wildman–Crippen LogP) is -0.906. The van der Waals surface area contributed by atoms with E-state index in [1.54, 1.807) is 0 Å². The van der Waals surface area contributed by atoms with Gasteiger partial charge in [0.2, 0.25) is 0 Å². The van der Waals surface area contributed by atoms with Gasteiger partial charge in [0.25, 0.3) is 0 Å². The summed E-state index contributed by atoms with van der Waals surface area (Å²) in [6.45, 7) is 0.240. The summed E-state index contributed by atoms with van der Waals surface area (Å²) >= 11 is 0. The molecule has 22 heavy (non-hydrogen) atoms. The topological polar surface area (TPSA) is 157 Å². The first-order valence-corrected chi connectivity index (χ1v) is 6.24. The van der Waals surface area contributed by atoms with Crippen LogP contribution in [-0.4, -0.2) is 53.5 Å². The maximum atomic E-state index is 10.9. The van der Waals surface area contributed by atoms with Gasteiger partial charge in [0.1, 0.15) is 24.6 Å². The Morgan fingerprint density at radius 2 is 2.18 bits per heavy atom. The Kier molecular flexibility index (Phi) is 4.53. The lowest BCUT2D eigenvalue weighted by atomic mass is 10.2. The lowest BCUT2D eigenvalue weighted by molar-refractivity contribution is -0.138. The highest BCUT2D eigenvalue weighted by molar-refractivity contribution is 5.81. The molecule has 1 unspecified atom stereocenters. The summed E-state index contributed by atoms with van der Waals surface area (Å²) in [5.74, 6) is -1.61. The Bertz CT molecular complexity index is 726. The van der Waals surface area contributed by atoms with Crippen molar-refractivity contribution in [2.75, 3.05) is 12.3 Å². The normalized spacial score (nSPS) is 13.8. The zero-order valence-electron chi connectivity index (χ0n) is 11.7. The number of anilines is 1. The molecule has 0 bridgehead atoms. The monoisotopic (exact) mass is 309 g/mol. The fourth-order valence-corrected chi connectivity index (χ4v) is 1.83. The molecular weight excluding hydrogens is 294 g/mol. The molecule has 2 rings (SSSR count). The highest BCUT2D eigenvalue weighted by Crippen LogP contribution is 2.16. The number of nitrogen functional groups attached to an aromatic ring is 1. The third kappa shape index (κ3) is 3.13. The lowest BCUT2D eigenvalue weighted by Crippen LogP contribution is -2.22. The van der Waals surface area contributed by atoms with Crippen molar-refractivity contribution in [2.24, 2.45) is 0 Å². The van der Waals surface area contributed by atoms with Crippen LogP contribution in [0.3, 0.4) is 0 Å². The molecule has 0 fully saturated rings. The number of nitrogens with zero attached hydrogens (tertiary/aromatic N) is 4. The van der Waals surface area contributed by atoms with E-state index < -0.39 is 30.2 Å².